The fourth-order valence-electron chi connectivity index (χ4n) is 2.44. The van der Waals surface area contributed by atoms with Crippen LogP contribution in [0.1, 0.15) is 15.9 Å². The van der Waals surface area contributed by atoms with Crippen LogP contribution in [0.25, 0.3) is 10.8 Å². The summed E-state index contributed by atoms with van der Waals surface area (Å²) in [6, 6.07) is 20.2. The van der Waals surface area contributed by atoms with Gasteiger partial charge in [0.15, 0.2) is 0 Å². The third-order valence-electron chi connectivity index (χ3n) is 3.73. The predicted octanol–water partition coefficient (Wildman–Crippen LogP) is 3.37. The van der Waals surface area contributed by atoms with Gasteiger partial charge in [0.25, 0.3) is 11.8 Å². The van der Waals surface area contributed by atoms with E-state index in [1.807, 2.05) is 42.5 Å². The first-order chi connectivity index (χ1) is 12.6. The molecule has 0 saturated heterocycles. The van der Waals surface area contributed by atoms with Crippen LogP contribution in [0.5, 0.6) is 0 Å². The molecule has 2 N–H and O–H groups in total. The van der Waals surface area contributed by atoms with Crippen LogP contribution in [0.2, 0.25) is 5.02 Å². The van der Waals surface area contributed by atoms with Crippen LogP contribution in [-0.4, -0.2) is 24.6 Å². The Bertz CT molecular complexity index is 963. The highest BCUT2D eigenvalue weighted by Gasteiger charge is 2.07. The molecule has 5 nitrogen and oxygen atoms in total. The van der Waals surface area contributed by atoms with Crippen molar-refractivity contribution in [1.82, 2.24) is 10.7 Å². The van der Waals surface area contributed by atoms with E-state index in [2.05, 4.69) is 15.8 Å². The molecule has 0 bridgehead atoms. The van der Waals surface area contributed by atoms with Crippen LogP contribution >= 0.6 is 11.6 Å². The highest BCUT2D eigenvalue weighted by atomic mass is 35.5. The Morgan fingerprint density at radius 3 is 2.50 bits per heavy atom. The highest BCUT2D eigenvalue weighted by Crippen LogP contribution is 2.16. The maximum Gasteiger partial charge on any atom is 0.259 e. The van der Waals surface area contributed by atoms with Gasteiger partial charge in [-0.1, -0.05) is 54.1 Å². The number of halogens is 1. The molecule has 6 heteroatoms. The molecule has 0 heterocycles. The minimum atomic E-state index is -0.413. The Labute approximate surface area is 155 Å². The molecule has 0 aliphatic heterocycles. The number of carbonyl (C=O) groups excluding carboxylic acids is 2. The number of nitrogens with one attached hydrogen (secondary N) is 2. The van der Waals surface area contributed by atoms with E-state index in [4.69, 9.17) is 11.6 Å². The first kappa shape index (κ1) is 17.6. The van der Waals surface area contributed by atoms with Crippen molar-refractivity contribution in [3.63, 3.8) is 0 Å². The van der Waals surface area contributed by atoms with Crippen LogP contribution in [0, 0.1) is 0 Å². The molecule has 0 fully saturated rings. The lowest BCUT2D eigenvalue weighted by Crippen LogP contribution is -2.34. The van der Waals surface area contributed by atoms with Gasteiger partial charge in [-0.05, 0) is 35.0 Å². The fourth-order valence-corrected chi connectivity index (χ4v) is 2.57. The number of hydrazone groups is 1. The molecule has 0 radical (unpaired) electrons. The zero-order valence-corrected chi connectivity index (χ0v) is 14.5. The summed E-state index contributed by atoms with van der Waals surface area (Å²) in [5.74, 6) is -0.765. The zero-order chi connectivity index (χ0) is 18.4. The van der Waals surface area contributed by atoms with Gasteiger partial charge in [0.05, 0.1) is 12.8 Å². The Kier molecular flexibility index (Phi) is 5.61. The SMILES string of the molecule is O=C(CNC(=O)c1ccc(Cl)cc1)N/N=C/c1cccc2ccccc12. The summed E-state index contributed by atoms with van der Waals surface area (Å²) >= 11 is 5.78. The molecule has 2 amide bonds. The lowest BCUT2D eigenvalue weighted by Gasteiger charge is -2.05. The van der Waals surface area contributed by atoms with E-state index >= 15 is 0 Å². The van der Waals surface area contributed by atoms with Crippen LogP contribution < -0.4 is 10.7 Å². The van der Waals surface area contributed by atoms with Gasteiger partial charge in [-0.15, -0.1) is 0 Å². The molecule has 3 aromatic rings. The van der Waals surface area contributed by atoms with Crippen LogP contribution in [0.4, 0.5) is 0 Å². The van der Waals surface area contributed by atoms with Crippen molar-refractivity contribution in [3.8, 4) is 0 Å². The molecule has 0 aliphatic carbocycles. The number of nitrogens with zero attached hydrogens (tertiary/aromatic N) is 1. The van der Waals surface area contributed by atoms with E-state index in [9.17, 15) is 9.59 Å². The largest absolute Gasteiger partial charge is 0.343 e. The van der Waals surface area contributed by atoms with Crippen LogP contribution in [0.3, 0.4) is 0 Å². The summed E-state index contributed by atoms with van der Waals surface area (Å²) < 4.78 is 0. The predicted molar refractivity (Wildman–Crippen MR) is 103 cm³/mol. The molecule has 0 unspecified atom stereocenters. The van der Waals surface area contributed by atoms with Crippen molar-refractivity contribution in [3.05, 3.63) is 82.9 Å². The van der Waals surface area contributed by atoms with Gasteiger partial charge < -0.3 is 5.32 Å². The number of fused-ring (bicyclic) bond motifs is 1. The zero-order valence-electron chi connectivity index (χ0n) is 13.8. The monoisotopic (exact) mass is 365 g/mol. The lowest BCUT2D eigenvalue weighted by molar-refractivity contribution is -0.120. The van der Waals surface area contributed by atoms with Crippen molar-refractivity contribution in [1.29, 1.82) is 0 Å². The molecule has 0 spiro atoms. The number of benzene rings is 3. The summed E-state index contributed by atoms with van der Waals surface area (Å²) in [4.78, 5) is 23.8. The van der Waals surface area contributed by atoms with Gasteiger partial charge in [-0.25, -0.2) is 5.43 Å². The molecular weight excluding hydrogens is 350 g/mol. The quantitative estimate of drug-likeness (QED) is 0.537. The Hall–Kier alpha value is -3.18. The molecule has 0 saturated carbocycles. The van der Waals surface area contributed by atoms with Gasteiger partial charge in [-0.3, -0.25) is 9.59 Å². The van der Waals surface area contributed by atoms with Gasteiger partial charge in [0.2, 0.25) is 0 Å². The van der Waals surface area contributed by atoms with Crippen molar-refractivity contribution >= 4 is 40.4 Å². The van der Waals surface area contributed by atoms with E-state index in [1.165, 1.54) is 0 Å². The second-order valence-corrected chi connectivity index (χ2v) is 5.99. The average Bonchev–Trinajstić information content (AvgIpc) is 2.67. The molecule has 0 atom stereocenters. The van der Waals surface area contributed by atoms with Crippen LogP contribution in [0.15, 0.2) is 71.8 Å². The highest BCUT2D eigenvalue weighted by molar-refractivity contribution is 6.30. The second-order valence-electron chi connectivity index (χ2n) is 5.55. The maximum absolute atomic E-state index is 11.9. The summed E-state index contributed by atoms with van der Waals surface area (Å²) in [7, 11) is 0. The van der Waals surface area contributed by atoms with E-state index in [-0.39, 0.29) is 12.5 Å². The smallest absolute Gasteiger partial charge is 0.259 e. The minimum Gasteiger partial charge on any atom is -0.343 e. The Balaban J connectivity index is 1.54. The molecular formula is C20H16ClN3O2. The second kappa shape index (κ2) is 8.27. The van der Waals surface area contributed by atoms with Gasteiger partial charge in [0, 0.05) is 16.1 Å². The number of carbonyl (C=O) groups is 2. The van der Waals surface area contributed by atoms with E-state index in [1.54, 1.807) is 30.5 Å². The number of rotatable bonds is 5. The first-order valence-electron chi connectivity index (χ1n) is 7.97. The van der Waals surface area contributed by atoms with Crippen molar-refractivity contribution in [2.75, 3.05) is 6.54 Å². The lowest BCUT2D eigenvalue weighted by atomic mass is 10.1. The van der Waals surface area contributed by atoms with Crippen molar-refractivity contribution < 1.29 is 9.59 Å². The standard InChI is InChI=1S/C20H16ClN3O2/c21-17-10-8-15(9-11-17)20(26)22-13-19(25)24-23-12-16-6-3-5-14-4-1-2-7-18(14)16/h1-12H,13H2,(H,22,26)(H,24,25)/b23-12+. The van der Waals surface area contributed by atoms with Gasteiger partial charge >= 0.3 is 0 Å². The first-order valence-corrected chi connectivity index (χ1v) is 8.35. The topological polar surface area (TPSA) is 70.6 Å². The maximum atomic E-state index is 11.9. The minimum absolute atomic E-state index is 0.172. The number of amides is 2. The van der Waals surface area contributed by atoms with Gasteiger partial charge in [0.1, 0.15) is 0 Å². The summed E-state index contributed by atoms with van der Waals surface area (Å²) in [5, 5.41) is 9.17. The molecule has 3 aromatic carbocycles. The fraction of sp³-hybridized carbons (Fsp3) is 0.0500. The third-order valence-corrected chi connectivity index (χ3v) is 3.98. The Morgan fingerprint density at radius 2 is 1.69 bits per heavy atom. The molecule has 3 rings (SSSR count). The molecule has 130 valence electrons. The summed E-state index contributed by atoms with van der Waals surface area (Å²) in [6.45, 7) is -0.172. The van der Waals surface area contributed by atoms with Crippen molar-refractivity contribution in [2.24, 2.45) is 5.10 Å². The van der Waals surface area contributed by atoms with Crippen molar-refractivity contribution in [2.45, 2.75) is 0 Å². The Morgan fingerprint density at radius 1 is 0.962 bits per heavy atom. The van der Waals surface area contributed by atoms with E-state index in [0.717, 1.165) is 16.3 Å². The number of hydrogen-bond donors (Lipinski definition) is 2. The van der Waals surface area contributed by atoms with Crippen LogP contribution in [-0.2, 0) is 4.79 Å². The average molecular weight is 366 g/mol. The van der Waals surface area contributed by atoms with E-state index < -0.39 is 5.91 Å². The third kappa shape index (κ3) is 4.46. The summed E-state index contributed by atoms with van der Waals surface area (Å²) in [6.07, 6.45) is 1.58. The molecule has 26 heavy (non-hydrogen) atoms. The van der Waals surface area contributed by atoms with E-state index in [0.29, 0.717) is 10.6 Å². The normalized spacial score (nSPS) is 10.8. The molecule has 0 aliphatic rings. The number of hydrogen-bond acceptors (Lipinski definition) is 3. The summed E-state index contributed by atoms with van der Waals surface area (Å²) in [5.41, 5.74) is 3.74. The van der Waals surface area contributed by atoms with Gasteiger partial charge in [-0.2, -0.15) is 5.10 Å². The molecule has 0 aromatic heterocycles.